The molecule has 5 rings (SSSR count). The molecule has 1 atom stereocenters. The van der Waals surface area contributed by atoms with Crippen molar-refractivity contribution in [2.45, 2.75) is 12.6 Å². The van der Waals surface area contributed by atoms with Gasteiger partial charge in [-0.15, -0.1) is 0 Å². The summed E-state index contributed by atoms with van der Waals surface area (Å²) in [5, 5.41) is 17.5. The van der Waals surface area contributed by atoms with Crippen molar-refractivity contribution in [3.05, 3.63) is 101 Å². The van der Waals surface area contributed by atoms with Crippen LogP contribution in [0, 0.1) is 5.82 Å². The molecule has 148 valence electrons. The highest BCUT2D eigenvalue weighted by molar-refractivity contribution is 6.00. The number of phenolic OH excluding ortho intramolecular Hbond substituents is 1. The van der Waals surface area contributed by atoms with Crippen LogP contribution < -0.4 is 0 Å². The lowest BCUT2D eigenvalue weighted by Crippen LogP contribution is -2.29. The zero-order valence-electron chi connectivity index (χ0n) is 15.8. The quantitative estimate of drug-likeness (QED) is 0.541. The fourth-order valence-corrected chi connectivity index (χ4v) is 3.92. The standard InChI is InChI=1S/C23H17FN4O2/c24-16-9-7-15(8-10-16)22-19-20(17-5-1-2-6-18(17)29)26-27-21(19)23(30)28(22)13-14-4-3-11-25-12-14/h1-12,22,29H,13H2,(H,26,27)/t22-/m0/s1. The van der Waals surface area contributed by atoms with Crippen molar-refractivity contribution in [2.75, 3.05) is 0 Å². The van der Waals surface area contributed by atoms with Gasteiger partial charge in [0.25, 0.3) is 5.91 Å². The largest absolute Gasteiger partial charge is 0.507 e. The van der Waals surface area contributed by atoms with Gasteiger partial charge in [-0.25, -0.2) is 4.39 Å². The Hall–Kier alpha value is -4.00. The minimum atomic E-state index is -0.485. The Bertz CT molecular complexity index is 1220. The van der Waals surface area contributed by atoms with E-state index in [1.165, 1.54) is 12.1 Å². The predicted molar refractivity (Wildman–Crippen MR) is 108 cm³/mol. The second-order valence-electron chi connectivity index (χ2n) is 7.13. The van der Waals surface area contributed by atoms with Crippen molar-refractivity contribution in [3.8, 4) is 17.0 Å². The van der Waals surface area contributed by atoms with Crippen molar-refractivity contribution in [3.63, 3.8) is 0 Å². The first-order valence-electron chi connectivity index (χ1n) is 9.45. The Morgan fingerprint density at radius 3 is 2.60 bits per heavy atom. The summed E-state index contributed by atoms with van der Waals surface area (Å²) in [6, 6.07) is 16.2. The maximum atomic E-state index is 13.6. The third-order valence-electron chi connectivity index (χ3n) is 5.28. The molecule has 0 unspecified atom stereocenters. The van der Waals surface area contributed by atoms with Crippen molar-refractivity contribution in [1.29, 1.82) is 0 Å². The lowest BCUT2D eigenvalue weighted by atomic mass is 9.95. The molecule has 2 N–H and O–H groups in total. The highest BCUT2D eigenvalue weighted by Gasteiger charge is 2.42. The van der Waals surface area contributed by atoms with Crippen molar-refractivity contribution >= 4 is 5.91 Å². The third-order valence-corrected chi connectivity index (χ3v) is 5.28. The van der Waals surface area contributed by atoms with E-state index in [2.05, 4.69) is 15.2 Å². The number of nitrogens with one attached hydrogen (secondary N) is 1. The number of pyridine rings is 1. The number of carbonyl (C=O) groups is 1. The highest BCUT2D eigenvalue weighted by Crippen LogP contribution is 2.44. The number of hydrogen-bond acceptors (Lipinski definition) is 4. The summed E-state index contributed by atoms with van der Waals surface area (Å²) in [6.07, 6.45) is 3.39. The number of para-hydroxylation sites is 1. The van der Waals surface area contributed by atoms with Gasteiger partial charge in [0.1, 0.15) is 23.0 Å². The van der Waals surface area contributed by atoms with Gasteiger partial charge in [-0.05, 0) is 41.5 Å². The van der Waals surface area contributed by atoms with Gasteiger partial charge in [-0.1, -0.05) is 30.3 Å². The third kappa shape index (κ3) is 2.91. The average Bonchev–Trinajstić information content (AvgIpc) is 3.30. The highest BCUT2D eigenvalue weighted by atomic mass is 19.1. The van der Waals surface area contributed by atoms with E-state index in [0.29, 0.717) is 29.1 Å². The molecule has 1 aliphatic heterocycles. The van der Waals surface area contributed by atoms with Crippen LogP contribution in [0.25, 0.3) is 11.3 Å². The number of fused-ring (bicyclic) bond motifs is 1. The van der Waals surface area contributed by atoms with Gasteiger partial charge in [0.2, 0.25) is 0 Å². The van der Waals surface area contributed by atoms with Crippen molar-refractivity contribution < 1.29 is 14.3 Å². The summed E-state index contributed by atoms with van der Waals surface area (Å²) in [5.74, 6) is -0.490. The molecular formula is C23H17FN4O2. The van der Waals surface area contributed by atoms with Gasteiger partial charge in [0, 0.05) is 30.1 Å². The monoisotopic (exact) mass is 400 g/mol. The number of aromatic amines is 1. The molecule has 0 saturated carbocycles. The van der Waals surface area contributed by atoms with Gasteiger partial charge in [0.05, 0.1) is 6.04 Å². The second kappa shape index (κ2) is 7.11. The fraction of sp³-hybridized carbons (Fsp3) is 0.0870. The van der Waals surface area contributed by atoms with Crippen LogP contribution in [0.1, 0.15) is 33.2 Å². The molecule has 0 spiro atoms. The molecule has 1 amide bonds. The maximum Gasteiger partial charge on any atom is 0.273 e. The molecule has 1 aliphatic rings. The van der Waals surface area contributed by atoms with Gasteiger partial charge in [0.15, 0.2) is 0 Å². The van der Waals surface area contributed by atoms with Crippen molar-refractivity contribution in [1.82, 2.24) is 20.1 Å². The molecule has 0 aliphatic carbocycles. The van der Waals surface area contributed by atoms with Gasteiger partial charge in [-0.3, -0.25) is 14.9 Å². The van der Waals surface area contributed by atoms with E-state index < -0.39 is 6.04 Å². The van der Waals surface area contributed by atoms with E-state index in [1.807, 2.05) is 12.1 Å². The SMILES string of the molecule is O=C1c2[nH]nc(-c3ccccc3O)c2[C@H](c2ccc(F)cc2)N1Cc1cccnc1. The molecule has 6 nitrogen and oxygen atoms in total. The molecular weight excluding hydrogens is 383 g/mol. The maximum absolute atomic E-state index is 13.6. The summed E-state index contributed by atoms with van der Waals surface area (Å²) >= 11 is 0. The summed E-state index contributed by atoms with van der Waals surface area (Å²) in [4.78, 5) is 19.1. The van der Waals surface area contributed by atoms with E-state index in [-0.39, 0.29) is 17.5 Å². The van der Waals surface area contributed by atoms with Crippen LogP contribution in [0.3, 0.4) is 0 Å². The van der Waals surface area contributed by atoms with E-state index >= 15 is 0 Å². The Kier molecular flexibility index (Phi) is 4.28. The fourth-order valence-electron chi connectivity index (χ4n) is 3.92. The molecule has 0 bridgehead atoms. The first kappa shape index (κ1) is 18.1. The number of amides is 1. The second-order valence-corrected chi connectivity index (χ2v) is 7.13. The number of halogens is 1. The number of carbonyl (C=O) groups excluding carboxylic acids is 1. The number of benzene rings is 2. The van der Waals surface area contributed by atoms with Crippen molar-refractivity contribution in [2.24, 2.45) is 0 Å². The number of H-pyrrole nitrogens is 1. The Labute approximate surface area is 171 Å². The average molecular weight is 400 g/mol. The minimum Gasteiger partial charge on any atom is -0.507 e. The molecule has 0 fully saturated rings. The molecule has 0 saturated heterocycles. The number of phenols is 1. The normalized spacial score (nSPS) is 15.4. The molecule has 3 heterocycles. The molecule has 2 aromatic heterocycles. The summed E-state index contributed by atoms with van der Waals surface area (Å²) in [7, 11) is 0. The first-order valence-corrected chi connectivity index (χ1v) is 9.45. The van der Waals surface area contributed by atoms with E-state index in [1.54, 1.807) is 53.7 Å². The number of rotatable bonds is 4. The van der Waals surface area contributed by atoms with Crippen LogP contribution in [0.4, 0.5) is 4.39 Å². The van der Waals surface area contributed by atoms with Crippen LogP contribution in [0.5, 0.6) is 5.75 Å². The number of aromatic hydroxyl groups is 1. The Balaban J connectivity index is 1.67. The van der Waals surface area contributed by atoms with Gasteiger partial charge < -0.3 is 10.0 Å². The number of aromatic nitrogens is 3. The molecule has 2 aromatic carbocycles. The summed E-state index contributed by atoms with van der Waals surface area (Å²) < 4.78 is 13.6. The Morgan fingerprint density at radius 2 is 1.87 bits per heavy atom. The zero-order valence-corrected chi connectivity index (χ0v) is 15.8. The van der Waals surface area contributed by atoms with E-state index in [4.69, 9.17) is 0 Å². The van der Waals surface area contributed by atoms with E-state index in [0.717, 1.165) is 11.1 Å². The van der Waals surface area contributed by atoms with Crippen LogP contribution in [-0.2, 0) is 6.54 Å². The van der Waals surface area contributed by atoms with Crippen LogP contribution >= 0.6 is 0 Å². The molecule has 30 heavy (non-hydrogen) atoms. The van der Waals surface area contributed by atoms with Crippen LogP contribution in [0.15, 0.2) is 73.1 Å². The van der Waals surface area contributed by atoms with Gasteiger partial charge in [-0.2, -0.15) is 5.10 Å². The number of nitrogens with zero attached hydrogens (tertiary/aromatic N) is 3. The molecule has 4 aromatic rings. The number of hydrogen-bond donors (Lipinski definition) is 2. The minimum absolute atomic E-state index is 0.0721. The van der Waals surface area contributed by atoms with Gasteiger partial charge >= 0.3 is 0 Å². The molecule has 7 heteroatoms. The smallest absolute Gasteiger partial charge is 0.273 e. The molecule has 0 radical (unpaired) electrons. The summed E-state index contributed by atoms with van der Waals surface area (Å²) in [5.41, 5.74) is 3.69. The van der Waals surface area contributed by atoms with Crippen LogP contribution in [0.2, 0.25) is 0 Å². The lowest BCUT2D eigenvalue weighted by molar-refractivity contribution is 0.0730. The van der Waals surface area contributed by atoms with Crippen LogP contribution in [-0.4, -0.2) is 31.1 Å². The topological polar surface area (TPSA) is 82.1 Å². The predicted octanol–water partition coefficient (Wildman–Crippen LogP) is 4.06. The lowest BCUT2D eigenvalue weighted by Gasteiger charge is -2.26. The van der Waals surface area contributed by atoms with E-state index in [9.17, 15) is 14.3 Å². The summed E-state index contributed by atoms with van der Waals surface area (Å²) in [6.45, 7) is 0.331. The zero-order chi connectivity index (χ0) is 20.7. The first-order chi connectivity index (χ1) is 14.6. The Morgan fingerprint density at radius 1 is 1.07 bits per heavy atom.